The van der Waals surface area contributed by atoms with E-state index >= 15 is 0 Å². The molecule has 0 aliphatic carbocycles. The van der Waals surface area contributed by atoms with Crippen LogP contribution in [-0.2, 0) is 0 Å². The van der Waals surface area contributed by atoms with Gasteiger partial charge in [0.1, 0.15) is 0 Å². The lowest BCUT2D eigenvalue weighted by Crippen LogP contribution is -1.93. The highest BCUT2D eigenvalue weighted by molar-refractivity contribution is 9.09. The average molecular weight is 350 g/mol. The topological polar surface area (TPSA) is 0 Å². The molecule has 2 rings (SSSR count). The molecule has 0 nitrogen and oxygen atoms in total. The van der Waals surface area contributed by atoms with Crippen molar-refractivity contribution >= 4 is 50.5 Å². The summed E-state index contributed by atoms with van der Waals surface area (Å²) in [4.78, 5) is 0.0948. The van der Waals surface area contributed by atoms with Gasteiger partial charge in [0.2, 0.25) is 0 Å². The maximum absolute atomic E-state index is 6.17. The summed E-state index contributed by atoms with van der Waals surface area (Å²) in [7, 11) is 0. The number of hydrogen-bond donors (Lipinski definition) is 0. The van der Waals surface area contributed by atoms with Crippen LogP contribution in [0.3, 0.4) is 0 Å². The number of alkyl halides is 1. The molecule has 1 aromatic carbocycles. The molecular weight excluding hydrogens is 339 g/mol. The smallest absolute Gasteiger partial charge is 0.0990 e. The zero-order chi connectivity index (χ0) is 12.6. The molecule has 0 radical (unpaired) electrons. The summed E-state index contributed by atoms with van der Waals surface area (Å²) < 4.78 is 1.47. The zero-order valence-electron chi connectivity index (χ0n) is 9.43. The van der Waals surface area contributed by atoms with Crippen molar-refractivity contribution in [1.29, 1.82) is 0 Å². The molecule has 0 bridgehead atoms. The minimum atomic E-state index is 0.0948. The summed E-state index contributed by atoms with van der Waals surface area (Å²) in [6, 6.07) is 8.40. The fraction of sp³-hybridized carbons (Fsp3) is 0.231. The minimum Gasteiger partial charge on any atom is -0.111 e. The van der Waals surface area contributed by atoms with Crippen molar-refractivity contribution in [2.45, 2.75) is 18.7 Å². The highest BCUT2D eigenvalue weighted by Gasteiger charge is 2.17. The second kappa shape index (κ2) is 5.31. The predicted molar refractivity (Wildman–Crippen MR) is 81.0 cm³/mol. The van der Waals surface area contributed by atoms with Gasteiger partial charge in [-0.25, -0.2) is 0 Å². The van der Waals surface area contributed by atoms with E-state index in [0.717, 1.165) is 14.2 Å². The molecule has 4 heteroatoms. The normalized spacial score (nSPS) is 12.8. The van der Waals surface area contributed by atoms with Crippen LogP contribution < -0.4 is 0 Å². The van der Waals surface area contributed by atoms with Crippen molar-refractivity contribution in [2.24, 2.45) is 0 Å². The first-order chi connectivity index (χ1) is 7.97. The SMILES string of the molecule is Cc1cc(C)cc(C(Br)c2cc(Cl)sc2Cl)c1. The Bertz CT molecular complexity index is 528. The molecule has 1 aromatic heterocycles. The lowest BCUT2D eigenvalue weighted by molar-refractivity contribution is 1.17. The van der Waals surface area contributed by atoms with Crippen LogP contribution in [0, 0.1) is 13.8 Å². The average Bonchev–Trinajstić information content (AvgIpc) is 2.55. The number of halogens is 3. The van der Waals surface area contributed by atoms with E-state index < -0.39 is 0 Å². The maximum Gasteiger partial charge on any atom is 0.0990 e. The van der Waals surface area contributed by atoms with Gasteiger partial charge >= 0.3 is 0 Å². The highest BCUT2D eigenvalue weighted by Crippen LogP contribution is 2.41. The molecule has 1 unspecified atom stereocenters. The standard InChI is InChI=1S/C13H11BrCl2S/c1-7-3-8(2)5-9(4-7)12(14)10-6-11(15)17-13(10)16/h3-6,12H,1-2H3. The van der Waals surface area contributed by atoms with Crippen molar-refractivity contribution in [2.75, 3.05) is 0 Å². The summed E-state index contributed by atoms with van der Waals surface area (Å²) in [5.41, 5.74) is 4.74. The van der Waals surface area contributed by atoms with Gasteiger partial charge in [0.25, 0.3) is 0 Å². The minimum absolute atomic E-state index is 0.0948. The van der Waals surface area contributed by atoms with Gasteiger partial charge < -0.3 is 0 Å². The van der Waals surface area contributed by atoms with Crippen molar-refractivity contribution in [3.05, 3.63) is 55.2 Å². The molecule has 2 aromatic rings. The van der Waals surface area contributed by atoms with Crippen LogP contribution in [0.5, 0.6) is 0 Å². The molecule has 0 aliphatic rings. The van der Waals surface area contributed by atoms with Crippen molar-refractivity contribution < 1.29 is 0 Å². The number of aryl methyl sites for hydroxylation is 2. The van der Waals surface area contributed by atoms with E-state index in [-0.39, 0.29) is 4.83 Å². The van der Waals surface area contributed by atoms with E-state index in [9.17, 15) is 0 Å². The fourth-order valence-corrected chi connectivity index (χ4v) is 4.30. The molecule has 0 spiro atoms. The molecule has 0 aliphatic heterocycles. The molecule has 1 heterocycles. The lowest BCUT2D eigenvalue weighted by atomic mass is 10.0. The molecule has 0 fully saturated rings. The summed E-state index contributed by atoms with van der Waals surface area (Å²) in [5, 5.41) is 0. The molecule has 0 amide bonds. The van der Waals surface area contributed by atoms with Crippen molar-refractivity contribution in [3.63, 3.8) is 0 Å². The molecule has 0 saturated heterocycles. The molecule has 17 heavy (non-hydrogen) atoms. The first kappa shape index (κ1) is 13.4. The highest BCUT2D eigenvalue weighted by atomic mass is 79.9. The summed E-state index contributed by atoms with van der Waals surface area (Å²) >= 11 is 17.2. The van der Waals surface area contributed by atoms with Gasteiger partial charge in [0.15, 0.2) is 0 Å². The molecule has 0 saturated carbocycles. The monoisotopic (exact) mass is 348 g/mol. The van der Waals surface area contributed by atoms with E-state index in [0.29, 0.717) is 0 Å². The second-order valence-electron chi connectivity index (χ2n) is 4.06. The first-order valence-electron chi connectivity index (χ1n) is 5.14. The van der Waals surface area contributed by atoms with Crippen LogP contribution in [0.25, 0.3) is 0 Å². The second-order valence-corrected chi connectivity index (χ2v) is 7.26. The third-order valence-corrected chi connectivity index (χ3v) is 5.03. The largest absolute Gasteiger partial charge is 0.111 e. The Morgan fingerprint density at radius 1 is 1.06 bits per heavy atom. The zero-order valence-corrected chi connectivity index (χ0v) is 13.3. The number of thiophene rings is 1. The van der Waals surface area contributed by atoms with Gasteiger partial charge in [-0.3, -0.25) is 0 Å². The number of rotatable bonds is 2. The molecule has 1 atom stereocenters. The molecule has 90 valence electrons. The maximum atomic E-state index is 6.17. The summed E-state index contributed by atoms with van der Waals surface area (Å²) in [6.07, 6.45) is 0. The Hall–Kier alpha value is -0.0200. The van der Waals surface area contributed by atoms with Crippen LogP contribution in [0.15, 0.2) is 24.3 Å². The van der Waals surface area contributed by atoms with Crippen molar-refractivity contribution in [1.82, 2.24) is 0 Å². The predicted octanol–water partition coefficient (Wildman–Crippen LogP) is 6.16. The Morgan fingerprint density at radius 3 is 2.12 bits per heavy atom. The quantitative estimate of drug-likeness (QED) is 0.570. The van der Waals surface area contributed by atoms with E-state index in [1.54, 1.807) is 0 Å². The summed E-state index contributed by atoms with van der Waals surface area (Å²) in [6.45, 7) is 4.19. The third-order valence-electron chi connectivity index (χ3n) is 2.49. The van der Waals surface area contributed by atoms with E-state index in [1.165, 1.54) is 28.0 Å². The first-order valence-corrected chi connectivity index (χ1v) is 7.63. The van der Waals surface area contributed by atoms with Gasteiger partial charge in [0, 0.05) is 5.56 Å². The summed E-state index contributed by atoms with van der Waals surface area (Å²) in [5.74, 6) is 0. The number of hydrogen-bond acceptors (Lipinski definition) is 1. The van der Waals surface area contributed by atoms with Gasteiger partial charge in [-0.2, -0.15) is 0 Å². The lowest BCUT2D eigenvalue weighted by Gasteiger charge is -2.11. The van der Waals surface area contributed by atoms with Crippen LogP contribution in [0.2, 0.25) is 8.67 Å². The Morgan fingerprint density at radius 2 is 1.65 bits per heavy atom. The van der Waals surface area contributed by atoms with Gasteiger partial charge in [-0.15, -0.1) is 11.3 Å². The van der Waals surface area contributed by atoms with E-state index in [4.69, 9.17) is 23.2 Å². The van der Waals surface area contributed by atoms with Gasteiger partial charge in [-0.1, -0.05) is 68.5 Å². The van der Waals surface area contributed by atoms with Crippen LogP contribution >= 0.6 is 50.5 Å². The molecular formula is C13H11BrCl2S. The van der Waals surface area contributed by atoms with Crippen molar-refractivity contribution in [3.8, 4) is 0 Å². The van der Waals surface area contributed by atoms with Gasteiger partial charge in [0.05, 0.1) is 13.5 Å². The Balaban J connectivity index is 2.43. The third kappa shape index (κ3) is 3.05. The van der Waals surface area contributed by atoms with Crippen LogP contribution in [0.1, 0.15) is 27.1 Å². The van der Waals surface area contributed by atoms with Gasteiger partial charge in [-0.05, 0) is 25.5 Å². The van der Waals surface area contributed by atoms with E-state index in [2.05, 4.69) is 48.0 Å². The Labute approximate surface area is 124 Å². The van der Waals surface area contributed by atoms with Crippen LogP contribution in [-0.4, -0.2) is 0 Å². The van der Waals surface area contributed by atoms with E-state index in [1.807, 2.05) is 6.07 Å². The Kier molecular flexibility index (Phi) is 4.19. The molecule has 0 N–H and O–H groups in total. The van der Waals surface area contributed by atoms with Crippen LogP contribution in [0.4, 0.5) is 0 Å². The fourth-order valence-electron chi connectivity index (χ4n) is 1.86. The number of benzene rings is 1.